The van der Waals surface area contributed by atoms with Gasteiger partial charge in [-0.05, 0) is 78.6 Å². The highest BCUT2D eigenvalue weighted by Crippen LogP contribution is 2.29. The lowest BCUT2D eigenvalue weighted by molar-refractivity contribution is 0.748. The second-order valence-corrected chi connectivity index (χ2v) is 9.08. The summed E-state index contributed by atoms with van der Waals surface area (Å²) in [4.78, 5) is 4.55. The molecule has 2 nitrogen and oxygen atoms in total. The molecule has 0 aliphatic carbocycles. The summed E-state index contributed by atoms with van der Waals surface area (Å²) in [6.07, 6.45) is 13.8. The van der Waals surface area contributed by atoms with Gasteiger partial charge in [-0.1, -0.05) is 96.1 Å². The van der Waals surface area contributed by atoms with Crippen LogP contribution in [-0.2, 0) is 6.42 Å². The van der Waals surface area contributed by atoms with E-state index in [2.05, 4.69) is 127 Å². The van der Waals surface area contributed by atoms with Gasteiger partial charge in [-0.25, -0.2) is 0 Å². The van der Waals surface area contributed by atoms with E-state index in [0.29, 0.717) is 0 Å². The summed E-state index contributed by atoms with van der Waals surface area (Å²) in [5.41, 5.74) is 11.1. The zero-order valence-electron chi connectivity index (χ0n) is 20.3. The van der Waals surface area contributed by atoms with E-state index in [1.54, 1.807) is 0 Å². The number of dihydropyridines is 1. The third-order valence-electron chi connectivity index (χ3n) is 6.36. The van der Waals surface area contributed by atoms with Crippen LogP contribution in [0.25, 0.3) is 22.9 Å². The Morgan fingerprint density at radius 1 is 0.857 bits per heavy atom. The molecular weight excluding hydrogens is 424 g/mol. The van der Waals surface area contributed by atoms with E-state index in [4.69, 9.17) is 0 Å². The molecule has 3 aromatic carbocycles. The monoisotopic (exact) mass is 454 g/mol. The molecule has 4 aromatic rings. The average Bonchev–Trinajstić information content (AvgIpc) is 2.89. The van der Waals surface area contributed by atoms with Crippen LogP contribution >= 0.6 is 0 Å². The molecular formula is C33H30N2. The second-order valence-electron chi connectivity index (χ2n) is 9.08. The number of nitrogens with one attached hydrogen (secondary N) is 1. The van der Waals surface area contributed by atoms with Crippen molar-refractivity contribution in [1.29, 1.82) is 0 Å². The van der Waals surface area contributed by atoms with Gasteiger partial charge < -0.3 is 5.32 Å². The smallest absolute Gasteiger partial charge is 0.0707 e. The van der Waals surface area contributed by atoms with Gasteiger partial charge >= 0.3 is 0 Å². The van der Waals surface area contributed by atoms with Crippen LogP contribution in [-0.4, -0.2) is 4.98 Å². The van der Waals surface area contributed by atoms with E-state index in [0.717, 1.165) is 12.1 Å². The molecule has 5 rings (SSSR count). The minimum Gasteiger partial charge on any atom is -0.381 e. The number of benzene rings is 3. The molecule has 1 aliphatic rings. The molecule has 1 unspecified atom stereocenters. The number of rotatable bonds is 6. The van der Waals surface area contributed by atoms with E-state index in [-0.39, 0.29) is 6.04 Å². The van der Waals surface area contributed by atoms with Gasteiger partial charge in [-0.15, -0.1) is 0 Å². The Labute approximate surface area is 208 Å². The molecule has 0 saturated carbocycles. The van der Waals surface area contributed by atoms with Crippen molar-refractivity contribution in [3.63, 3.8) is 0 Å². The number of allylic oxidation sites excluding steroid dienone is 3. The van der Waals surface area contributed by atoms with Gasteiger partial charge in [0.05, 0.1) is 11.7 Å². The molecule has 1 aliphatic heterocycles. The van der Waals surface area contributed by atoms with Crippen molar-refractivity contribution in [3.05, 3.63) is 149 Å². The summed E-state index contributed by atoms with van der Waals surface area (Å²) in [6.45, 7) is 4.32. The van der Waals surface area contributed by atoms with Crippen molar-refractivity contribution in [3.8, 4) is 11.3 Å². The molecule has 0 bridgehead atoms. The Balaban J connectivity index is 1.40. The molecule has 35 heavy (non-hydrogen) atoms. The van der Waals surface area contributed by atoms with Crippen LogP contribution in [0.4, 0.5) is 0 Å². The summed E-state index contributed by atoms with van der Waals surface area (Å²) >= 11 is 0. The predicted molar refractivity (Wildman–Crippen MR) is 148 cm³/mol. The Hall–Kier alpha value is -4.17. The quantitative estimate of drug-likeness (QED) is 0.321. The van der Waals surface area contributed by atoms with Crippen LogP contribution in [0, 0.1) is 13.8 Å². The topological polar surface area (TPSA) is 24.9 Å². The van der Waals surface area contributed by atoms with E-state index in [9.17, 15) is 0 Å². The molecule has 2 heterocycles. The maximum absolute atomic E-state index is 4.55. The first-order valence-corrected chi connectivity index (χ1v) is 12.2. The van der Waals surface area contributed by atoms with Crippen molar-refractivity contribution in [2.24, 2.45) is 0 Å². The first-order valence-electron chi connectivity index (χ1n) is 12.2. The van der Waals surface area contributed by atoms with Crippen molar-refractivity contribution < 1.29 is 0 Å². The van der Waals surface area contributed by atoms with Gasteiger partial charge in [-0.3, -0.25) is 4.98 Å². The molecule has 0 spiro atoms. The maximum atomic E-state index is 4.55. The summed E-state index contributed by atoms with van der Waals surface area (Å²) in [7, 11) is 0. The number of aryl methyl sites for hydroxylation is 2. The molecule has 2 heteroatoms. The SMILES string of the molecule is Cc1cc(C)cc(C2=CC(c3ccccc3/C=C/Cc3ccccc3-c3ccccn3)NC=C2)c1. The Bertz CT molecular complexity index is 1390. The lowest BCUT2D eigenvalue weighted by Crippen LogP contribution is -2.17. The van der Waals surface area contributed by atoms with Crippen LogP contribution in [0.3, 0.4) is 0 Å². The van der Waals surface area contributed by atoms with Gasteiger partial charge in [0, 0.05) is 11.8 Å². The molecule has 1 atom stereocenters. The van der Waals surface area contributed by atoms with Crippen LogP contribution < -0.4 is 5.32 Å². The van der Waals surface area contributed by atoms with E-state index in [1.807, 2.05) is 18.3 Å². The number of aromatic nitrogens is 1. The van der Waals surface area contributed by atoms with Gasteiger partial charge in [0.2, 0.25) is 0 Å². The van der Waals surface area contributed by atoms with Crippen molar-refractivity contribution in [1.82, 2.24) is 10.3 Å². The van der Waals surface area contributed by atoms with Crippen LogP contribution in [0.2, 0.25) is 0 Å². The van der Waals surface area contributed by atoms with Crippen LogP contribution in [0.1, 0.15) is 39.4 Å². The Kier molecular flexibility index (Phi) is 6.72. The summed E-state index contributed by atoms with van der Waals surface area (Å²) in [5, 5.41) is 3.54. The fourth-order valence-corrected chi connectivity index (χ4v) is 4.77. The number of hydrogen-bond donors (Lipinski definition) is 1. The highest BCUT2D eigenvalue weighted by Gasteiger charge is 2.15. The molecule has 1 aromatic heterocycles. The maximum Gasteiger partial charge on any atom is 0.0707 e. The molecule has 172 valence electrons. The lowest BCUT2D eigenvalue weighted by atomic mass is 9.92. The van der Waals surface area contributed by atoms with Crippen molar-refractivity contribution in [2.45, 2.75) is 26.3 Å². The average molecular weight is 455 g/mol. The predicted octanol–water partition coefficient (Wildman–Crippen LogP) is 7.86. The third-order valence-corrected chi connectivity index (χ3v) is 6.36. The number of nitrogens with zero attached hydrogens (tertiary/aromatic N) is 1. The summed E-state index contributed by atoms with van der Waals surface area (Å²) in [6, 6.07) is 30.1. The lowest BCUT2D eigenvalue weighted by Gasteiger charge is -2.22. The number of hydrogen-bond acceptors (Lipinski definition) is 2. The fraction of sp³-hybridized carbons (Fsp3) is 0.121. The summed E-state index contributed by atoms with van der Waals surface area (Å²) < 4.78 is 0. The molecule has 0 saturated heterocycles. The Morgan fingerprint density at radius 2 is 1.63 bits per heavy atom. The van der Waals surface area contributed by atoms with Crippen LogP contribution in [0.15, 0.2) is 116 Å². The molecule has 1 N–H and O–H groups in total. The van der Waals surface area contributed by atoms with E-state index >= 15 is 0 Å². The first kappa shape index (κ1) is 22.6. The summed E-state index contributed by atoms with van der Waals surface area (Å²) in [5.74, 6) is 0. The zero-order chi connectivity index (χ0) is 24.0. The minimum atomic E-state index is 0.123. The molecule has 0 radical (unpaired) electrons. The number of pyridine rings is 1. The highest BCUT2D eigenvalue weighted by atomic mass is 14.9. The minimum absolute atomic E-state index is 0.123. The van der Waals surface area contributed by atoms with Crippen molar-refractivity contribution >= 4 is 11.6 Å². The van der Waals surface area contributed by atoms with Gasteiger partial charge in [0.25, 0.3) is 0 Å². The molecule has 0 amide bonds. The standard InChI is InChI=1S/C33H30N2/c1-24-20-25(2)22-29(21-24)28-17-19-35-33(23-28)31-15-6-4-11-27(31)13-9-12-26-10-3-5-14-30(26)32-16-7-8-18-34-32/h3-11,13-23,33,35H,12H2,1-2H3/b13-9+. The Morgan fingerprint density at radius 3 is 2.46 bits per heavy atom. The normalized spacial score (nSPS) is 15.1. The second kappa shape index (κ2) is 10.4. The first-order chi connectivity index (χ1) is 17.2. The van der Waals surface area contributed by atoms with Gasteiger partial charge in [0.1, 0.15) is 0 Å². The van der Waals surface area contributed by atoms with Crippen molar-refractivity contribution in [2.75, 3.05) is 0 Å². The van der Waals surface area contributed by atoms with Gasteiger partial charge in [-0.2, -0.15) is 0 Å². The fourth-order valence-electron chi connectivity index (χ4n) is 4.77. The largest absolute Gasteiger partial charge is 0.381 e. The van der Waals surface area contributed by atoms with Gasteiger partial charge in [0.15, 0.2) is 0 Å². The molecule has 0 fully saturated rings. The zero-order valence-corrected chi connectivity index (χ0v) is 20.3. The van der Waals surface area contributed by atoms with Crippen LogP contribution in [0.5, 0.6) is 0 Å². The highest BCUT2D eigenvalue weighted by molar-refractivity contribution is 5.77. The third kappa shape index (κ3) is 5.33. The van der Waals surface area contributed by atoms with E-state index < -0.39 is 0 Å². The van der Waals surface area contributed by atoms with E-state index in [1.165, 1.54) is 44.5 Å².